The Kier molecular flexibility index (Phi) is 4.21. The van der Waals surface area contributed by atoms with E-state index in [1.54, 1.807) is 6.26 Å². The number of furan rings is 1. The van der Waals surface area contributed by atoms with Gasteiger partial charge in [-0.2, -0.15) is 0 Å². The summed E-state index contributed by atoms with van der Waals surface area (Å²) in [6.07, 6.45) is 1.71. The highest BCUT2D eigenvalue weighted by Gasteiger charge is 2.07. The molecule has 96 valence electrons. The Morgan fingerprint density at radius 3 is 2.33 bits per heavy atom. The summed E-state index contributed by atoms with van der Waals surface area (Å²) in [7, 11) is 0. The maximum absolute atomic E-state index is 5.37. The third-order valence-corrected chi connectivity index (χ3v) is 3.23. The normalized spacial score (nSPS) is 12.9. The molecule has 0 unspecified atom stereocenters. The van der Waals surface area contributed by atoms with E-state index in [0.29, 0.717) is 5.92 Å². The van der Waals surface area contributed by atoms with Gasteiger partial charge >= 0.3 is 0 Å². The van der Waals surface area contributed by atoms with Crippen LogP contribution >= 0.6 is 0 Å². The standard InChI is InChI=1S/C16H21NO/c1-12(2)15-8-6-14(7-9-15)11-17-13(3)16-5-4-10-18-16/h4-10,12-13,17H,11H2,1-3H3/t13-/m1/s1. The van der Waals surface area contributed by atoms with Crippen molar-refractivity contribution in [2.75, 3.05) is 0 Å². The molecule has 0 aliphatic rings. The molecule has 18 heavy (non-hydrogen) atoms. The molecular formula is C16H21NO. The fourth-order valence-electron chi connectivity index (χ4n) is 1.93. The van der Waals surface area contributed by atoms with Crippen LogP contribution in [0.15, 0.2) is 47.1 Å². The van der Waals surface area contributed by atoms with Gasteiger partial charge in [-0.1, -0.05) is 38.1 Å². The molecule has 0 saturated carbocycles. The third-order valence-electron chi connectivity index (χ3n) is 3.23. The highest BCUT2D eigenvalue weighted by Crippen LogP contribution is 2.16. The lowest BCUT2D eigenvalue weighted by Crippen LogP contribution is -2.17. The molecule has 0 bridgehead atoms. The van der Waals surface area contributed by atoms with Crippen LogP contribution in [0.2, 0.25) is 0 Å². The lowest BCUT2D eigenvalue weighted by atomic mass is 10.0. The zero-order chi connectivity index (χ0) is 13.0. The predicted molar refractivity (Wildman–Crippen MR) is 74.5 cm³/mol. The van der Waals surface area contributed by atoms with E-state index in [-0.39, 0.29) is 6.04 Å². The smallest absolute Gasteiger partial charge is 0.120 e. The van der Waals surface area contributed by atoms with E-state index in [2.05, 4.69) is 50.4 Å². The summed E-state index contributed by atoms with van der Waals surface area (Å²) < 4.78 is 5.37. The average Bonchev–Trinajstić information content (AvgIpc) is 2.90. The first-order valence-corrected chi connectivity index (χ1v) is 6.52. The number of hydrogen-bond donors (Lipinski definition) is 1. The summed E-state index contributed by atoms with van der Waals surface area (Å²) in [5.41, 5.74) is 2.69. The Morgan fingerprint density at radius 2 is 1.78 bits per heavy atom. The molecule has 2 aromatic rings. The maximum atomic E-state index is 5.37. The van der Waals surface area contributed by atoms with Crippen molar-refractivity contribution in [2.45, 2.75) is 39.3 Å². The molecular weight excluding hydrogens is 222 g/mol. The minimum atomic E-state index is 0.241. The van der Waals surface area contributed by atoms with E-state index >= 15 is 0 Å². The SMILES string of the molecule is CC(C)c1ccc(CN[C@H](C)c2ccco2)cc1. The minimum absolute atomic E-state index is 0.241. The van der Waals surface area contributed by atoms with Gasteiger partial charge in [0.25, 0.3) is 0 Å². The first kappa shape index (κ1) is 12.9. The zero-order valence-electron chi connectivity index (χ0n) is 11.3. The van der Waals surface area contributed by atoms with Gasteiger partial charge in [0.05, 0.1) is 12.3 Å². The van der Waals surface area contributed by atoms with Gasteiger partial charge in [0.15, 0.2) is 0 Å². The molecule has 0 aliphatic carbocycles. The summed E-state index contributed by atoms with van der Waals surface area (Å²) in [5.74, 6) is 1.57. The van der Waals surface area contributed by atoms with Crippen molar-refractivity contribution < 1.29 is 4.42 Å². The molecule has 1 N–H and O–H groups in total. The highest BCUT2D eigenvalue weighted by atomic mass is 16.3. The Bertz CT molecular complexity index is 456. The van der Waals surface area contributed by atoms with Crippen LogP contribution < -0.4 is 5.32 Å². The van der Waals surface area contributed by atoms with E-state index in [9.17, 15) is 0 Å². The van der Waals surface area contributed by atoms with Crippen LogP contribution in [0.4, 0.5) is 0 Å². The summed E-state index contributed by atoms with van der Waals surface area (Å²) in [6, 6.07) is 13.0. The molecule has 1 heterocycles. The van der Waals surface area contributed by atoms with E-state index in [1.807, 2.05) is 12.1 Å². The molecule has 0 radical (unpaired) electrons. The molecule has 2 rings (SSSR count). The summed E-state index contributed by atoms with van der Waals surface area (Å²) in [6.45, 7) is 7.40. The number of nitrogens with one attached hydrogen (secondary N) is 1. The van der Waals surface area contributed by atoms with E-state index < -0.39 is 0 Å². The number of rotatable bonds is 5. The molecule has 2 heteroatoms. The van der Waals surface area contributed by atoms with Crippen LogP contribution in [-0.4, -0.2) is 0 Å². The van der Waals surface area contributed by atoms with Gasteiger partial charge < -0.3 is 9.73 Å². The summed E-state index contributed by atoms with van der Waals surface area (Å²) in [4.78, 5) is 0. The Balaban J connectivity index is 1.90. The molecule has 1 aromatic carbocycles. The maximum Gasteiger partial charge on any atom is 0.120 e. The van der Waals surface area contributed by atoms with Crippen LogP contribution in [0.5, 0.6) is 0 Å². The van der Waals surface area contributed by atoms with Crippen LogP contribution in [0, 0.1) is 0 Å². The molecule has 0 spiro atoms. The van der Waals surface area contributed by atoms with Gasteiger partial charge in [0, 0.05) is 6.54 Å². The second-order valence-corrected chi connectivity index (χ2v) is 5.01. The van der Waals surface area contributed by atoms with Crippen molar-refractivity contribution in [3.63, 3.8) is 0 Å². The molecule has 1 aromatic heterocycles. The minimum Gasteiger partial charge on any atom is -0.468 e. The molecule has 0 amide bonds. The average molecular weight is 243 g/mol. The second kappa shape index (κ2) is 5.87. The summed E-state index contributed by atoms with van der Waals surface area (Å²) >= 11 is 0. The molecule has 0 saturated heterocycles. The third kappa shape index (κ3) is 3.23. The van der Waals surface area contributed by atoms with Crippen molar-refractivity contribution in [1.29, 1.82) is 0 Å². The zero-order valence-corrected chi connectivity index (χ0v) is 11.3. The van der Waals surface area contributed by atoms with Gasteiger partial charge in [-0.3, -0.25) is 0 Å². The Hall–Kier alpha value is -1.54. The lowest BCUT2D eigenvalue weighted by Gasteiger charge is -2.12. The van der Waals surface area contributed by atoms with Gasteiger partial charge in [-0.15, -0.1) is 0 Å². The van der Waals surface area contributed by atoms with Crippen LogP contribution in [0.3, 0.4) is 0 Å². The van der Waals surface area contributed by atoms with Crippen molar-refractivity contribution in [2.24, 2.45) is 0 Å². The van der Waals surface area contributed by atoms with Gasteiger partial charge in [-0.25, -0.2) is 0 Å². The van der Waals surface area contributed by atoms with Crippen molar-refractivity contribution >= 4 is 0 Å². The fraction of sp³-hybridized carbons (Fsp3) is 0.375. The van der Waals surface area contributed by atoms with E-state index in [0.717, 1.165) is 12.3 Å². The monoisotopic (exact) mass is 243 g/mol. The Labute approximate surface area is 109 Å². The quantitative estimate of drug-likeness (QED) is 0.849. The first-order valence-electron chi connectivity index (χ1n) is 6.52. The van der Waals surface area contributed by atoms with E-state index in [4.69, 9.17) is 4.42 Å². The summed E-state index contributed by atoms with van der Waals surface area (Å²) in [5, 5.41) is 3.46. The predicted octanol–water partition coefficient (Wildman–Crippen LogP) is 4.25. The highest BCUT2D eigenvalue weighted by molar-refractivity contribution is 5.24. The van der Waals surface area contributed by atoms with Crippen molar-refractivity contribution in [3.8, 4) is 0 Å². The molecule has 0 aliphatic heterocycles. The lowest BCUT2D eigenvalue weighted by molar-refractivity contribution is 0.430. The molecule has 0 fully saturated rings. The second-order valence-electron chi connectivity index (χ2n) is 5.01. The number of hydrogen-bond acceptors (Lipinski definition) is 2. The molecule has 1 atom stereocenters. The van der Waals surface area contributed by atoms with E-state index in [1.165, 1.54) is 11.1 Å². The van der Waals surface area contributed by atoms with Gasteiger partial charge in [-0.05, 0) is 36.1 Å². The van der Waals surface area contributed by atoms with Crippen molar-refractivity contribution in [1.82, 2.24) is 5.32 Å². The Morgan fingerprint density at radius 1 is 1.06 bits per heavy atom. The topological polar surface area (TPSA) is 25.2 Å². The largest absolute Gasteiger partial charge is 0.468 e. The first-order chi connectivity index (χ1) is 8.66. The van der Waals surface area contributed by atoms with Crippen LogP contribution in [0.1, 0.15) is 49.6 Å². The van der Waals surface area contributed by atoms with Crippen LogP contribution in [-0.2, 0) is 6.54 Å². The fourth-order valence-corrected chi connectivity index (χ4v) is 1.93. The van der Waals surface area contributed by atoms with Gasteiger partial charge in [0.2, 0.25) is 0 Å². The number of benzene rings is 1. The van der Waals surface area contributed by atoms with Gasteiger partial charge in [0.1, 0.15) is 5.76 Å². The van der Waals surface area contributed by atoms with Crippen LogP contribution in [0.25, 0.3) is 0 Å². The molecule has 2 nitrogen and oxygen atoms in total. The van der Waals surface area contributed by atoms with Crippen molar-refractivity contribution in [3.05, 3.63) is 59.5 Å².